The molecule has 2 aliphatic rings. The molecule has 2 fully saturated rings. The van der Waals surface area contributed by atoms with Gasteiger partial charge in [0.1, 0.15) is 0 Å². The van der Waals surface area contributed by atoms with Crippen LogP contribution in [0.5, 0.6) is 0 Å². The largest absolute Gasteiger partial charge is 0.389 e. The van der Waals surface area contributed by atoms with Gasteiger partial charge in [0.15, 0.2) is 0 Å². The van der Waals surface area contributed by atoms with E-state index in [0.717, 1.165) is 6.42 Å². The van der Waals surface area contributed by atoms with Gasteiger partial charge in [-0.25, -0.2) is 0 Å². The zero-order chi connectivity index (χ0) is 8.98. The van der Waals surface area contributed by atoms with Crippen molar-refractivity contribution in [2.45, 2.75) is 52.1 Å². The van der Waals surface area contributed by atoms with Gasteiger partial charge in [-0.1, -0.05) is 27.2 Å². The van der Waals surface area contributed by atoms with Gasteiger partial charge in [0.2, 0.25) is 0 Å². The first-order valence-electron chi connectivity index (χ1n) is 5.23. The first-order chi connectivity index (χ1) is 5.50. The second kappa shape index (κ2) is 2.25. The predicted octanol–water partition coefficient (Wildman–Crippen LogP) is 2.58. The Hall–Kier alpha value is -0.0400. The zero-order valence-corrected chi connectivity index (χ0v) is 8.43. The molecule has 2 aliphatic carbocycles. The highest BCUT2D eigenvalue weighted by atomic mass is 16.3. The fraction of sp³-hybridized carbons (Fsp3) is 1.00. The highest BCUT2D eigenvalue weighted by molar-refractivity contribution is 5.17. The van der Waals surface area contributed by atoms with E-state index in [1.165, 1.54) is 19.3 Å². The third kappa shape index (κ3) is 1.10. The molecule has 0 aromatic carbocycles. The van der Waals surface area contributed by atoms with Crippen molar-refractivity contribution in [1.82, 2.24) is 0 Å². The van der Waals surface area contributed by atoms with Gasteiger partial charge in [-0.05, 0) is 36.5 Å². The molecule has 0 spiro atoms. The molecule has 1 heteroatoms. The Labute approximate surface area is 75.2 Å². The first-order valence-corrected chi connectivity index (χ1v) is 5.23. The van der Waals surface area contributed by atoms with Crippen LogP contribution in [0.25, 0.3) is 0 Å². The van der Waals surface area contributed by atoms with Crippen molar-refractivity contribution < 1.29 is 5.11 Å². The molecule has 0 saturated heterocycles. The minimum atomic E-state index is -0.237. The van der Waals surface area contributed by atoms with E-state index < -0.39 is 0 Å². The van der Waals surface area contributed by atoms with Crippen molar-refractivity contribution in [1.29, 1.82) is 0 Å². The van der Waals surface area contributed by atoms with E-state index in [1.807, 2.05) is 0 Å². The lowest BCUT2D eigenvalue weighted by Gasteiger charge is -2.11. The fourth-order valence-electron chi connectivity index (χ4n) is 2.78. The van der Waals surface area contributed by atoms with Crippen LogP contribution in [0.2, 0.25) is 0 Å². The van der Waals surface area contributed by atoms with Crippen LogP contribution in [0.4, 0.5) is 0 Å². The average Bonchev–Trinajstić information content (AvgIpc) is 2.76. The third-order valence-electron chi connectivity index (χ3n) is 3.87. The first kappa shape index (κ1) is 8.55. The van der Waals surface area contributed by atoms with Gasteiger partial charge < -0.3 is 5.11 Å². The van der Waals surface area contributed by atoms with E-state index in [0.29, 0.717) is 17.3 Å². The van der Waals surface area contributed by atoms with Gasteiger partial charge >= 0.3 is 0 Å². The maximum absolute atomic E-state index is 10.2. The van der Waals surface area contributed by atoms with Crippen LogP contribution in [0.3, 0.4) is 0 Å². The lowest BCUT2D eigenvalue weighted by atomic mass is 10.0. The van der Waals surface area contributed by atoms with Crippen LogP contribution in [0.15, 0.2) is 0 Å². The summed E-state index contributed by atoms with van der Waals surface area (Å²) in [5.41, 5.74) is 0.205. The van der Waals surface area contributed by atoms with Gasteiger partial charge in [0.05, 0.1) is 5.60 Å². The predicted molar refractivity (Wildman–Crippen MR) is 49.9 cm³/mol. The van der Waals surface area contributed by atoms with E-state index >= 15 is 0 Å². The van der Waals surface area contributed by atoms with Gasteiger partial charge in [0.25, 0.3) is 0 Å². The van der Waals surface area contributed by atoms with Crippen molar-refractivity contribution in [2.75, 3.05) is 0 Å². The van der Waals surface area contributed by atoms with Gasteiger partial charge in [-0.2, -0.15) is 0 Å². The van der Waals surface area contributed by atoms with Crippen LogP contribution in [0, 0.1) is 17.3 Å². The second-order valence-electron chi connectivity index (χ2n) is 5.43. The quantitative estimate of drug-likeness (QED) is 0.686. The number of hydrogen-bond donors (Lipinski definition) is 1. The highest BCUT2D eigenvalue weighted by Gasteiger charge is 2.67. The summed E-state index contributed by atoms with van der Waals surface area (Å²) in [5, 5.41) is 10.2. The zero-order valence-electron chi connectivity index (χ0n) is 8.43. The normalized spacial score (nSPS) is 49.0. The van der Waals surface area contributed by atoms with Gasteiger partial charge in [-0.3, -0.25) is 0 Å². The summed E-state index contributed by atoms with van der Waals surface area (Å²) in [6.45, 7) is 6.75. The van der Waals surface area contributed by atoms with Crippen molar-refractivity contribution >= 4 is 0 Å². The van der Waals surface area contributed by atoms with Crippen LogP contribution < -0.4 is 0 Å². The molecular weight excluding hydrogens is 148 g/mol. The maximum Gasteiger partial charge on any atom is 0.0713 e. The minimum Gasteiger partial charge on any atom is -0.389 e. The van der Waals surface area contributed by atoms with Crippen molar-refractivity contribution in [3.05, 3.63) is 0 Å². The van der Waals surface area contributed by atoms with Crippen LogP contribution >= 0.6 is 0 Å². The molecule has 12 heavy (non-hydrogen) atoms. The second-order valence-corrected chi connectivity index (χ2v) is 5.43. The molecule has 0 aromatic heterocycles. The van der Waals surface area contributed by atoms with E-state index in [9.17, 15) is 5.11 Å². The Bertz CT molecular complexity index is 197. The molecule has 2 rings (SSSR count). The summed E-state index contributed by atoms with van der Waals surface area (Å²) in [5.74, 6) is 1.25. The number of hydrogen-bond acceptors (Lipinski definition) is 1. The summed E-state index contributed by atoms with van der Waals surface area (Å²) >= 11 is 0. The molecule has 3 atom stereocenters. The summed E-state index contributed by atoms with van der Waals surface area (Å²) in [7, 11) is 0. The molecular formula is C11H20O. The standard InChI is InChI=1S/C11H20O/c1-4-5-8-6-11(8,12)9-7-10(9,2)3/h8-9,12H,4-7H2,1-3H3. The third-order valence-corrected chi connectivity index (χ3v) is 3.87. The van der Waals surface area contributed by atoms with E-state index in [-0.39, 0.29) is 5.60 Å². The Balaban J connectivity index is 1.91. The molecule has 0 aromatic rings. The molecule has 2 saturated carbocycles. The van der Waals surface area contributed by atoms with Crippen LogP contribution in [0.1, 0.15) is 46.5 Å². The topological polar surface area (TPSA) is 20.2 Å². The number of rotatable bonds is 3. The fourth-order valence-corrected chi connectivity index (χ4v) is 2.78. The Morgan fingerprint density at radius 2 is 1.92 bits per heavy atom. The van der Waals surface area contributed by atoms with E-state index in [2.05, 4.69) is 20.8 Å². The molecule has 1 N–H and O–H groups in total. The Morgan fingerprint density at radius 1 is 1.33 bits per heavy atom. The van der Waals surface area contributed by atoms with Crippen LogP contribution in [-0.2, 0) is 0 Å². The van der Waals surface area contributed by atoms with Crippen molar-refractivity contribution in [3.8, 4) is 0 Å². The Morgan fingerprint density at radius 3 is 2.33 bits per heavy atom. The summed E-state index contributed by atoms with van der Waals surface area (Å²) < 4.78 is 0. The highest BCUT2D eigenvalue weighted by Crippen LogP contribution is 2.67. The average molecular weight is 168 g/mol. The monoisotopic (exact) mass is 168 g/mol. The lowest BCUT2D eigenvalue weighted by molar-refractivity contribution is 0.0914. The Kier molecular flexibility index (Phi) is 1.61. The maximum atomic E-state index is 10.2. The summed E-state index contributed by atoms with van der Waals surface area (Å²) in [4.78, 5) is 0. The summed E-state index contributed by atoms with van der Waals surface area (Å²) in [6.07, 6.45) is 4.77. The van der Waals surface area contributed by atoms with Crippen molar-refractivity contribution in [3.63, 3.8) is 0 Å². The molecule has 1 nitrogen and oxygen atoms in total. The molecule has 0 aliphatic heterocycles. The molecule has 0 bridgehead atoms. The molecule has 0 radical (unpaired) electrons. The SMILES string of the molecule is CCCC1CC1(O)C1CC1(C)C. The van der Waals surface area contributed by atoms with Crippen molar-refractivity contribution in [2.24, 2.45) is 17.3 Å². The molecule has 0 heterocycles. The van der Waals surface area contributed by atoms with Gasteiger partial charge in [0, 0.05) is 0 Å². The molecule has 3 unspecified atom stereocenters. The minimum absolute atomic E-state index is 0.237. The van der Waals surface area contributed by atoms with Crippen LogP contribution in [-0.4, -0.2) is 10.7 Å². The molecule has 70 valence electrons. The van der Waals surface area contributed by atoms with E-state index in [1.54, 1.807) is 0 Å². The smallest absolute Gasteiger partial charge is 0.0713 e. The summed E-state index contributed by atoms with van der Waals surface area (Å²) in [6, 6.07) is 0. The molecule has 0 amide bonds. The van der Waals surface area contributed by atoms with E-state index in [4.69, 9.17) is 0 Å². The lowest BCUT2D eigenvalue weighted by Crippen LogP contribution is -2.17. The number of aliphatic hydroxyl groups is 1. The van der Waals surface area contributed by atoms with Gasteiger partial charge in [-0.15, -0.1) is 0 Å².